The molecule has 0 fully saturated rings. The number of alkyl halides is 6. The van der Waals surface area contributed by atoms with Crippen LogP contribution in [0.25, 0.3) is 0 Å². The molecule has 0 aliphatic carbocycles. The summed E-state index contributed by atoms with van der Waals surface area (Å²) in [6.07, 6.45) is -11.1. The van der Waals surface area contributed by atoms with E-state index in [1.54, 1.807) is 0 Å². The van der Waals surface area contributed by atoms with Crippen LogP contribution in [0.5, 0.6) is 0 Å². The van der Waals surface area contributed by atoms with Crippen LogP contribution < -0.4 is 0 Å². The van der Waals surface area contributed by atoms with Crippen LogP contribution in [0.3, 0.4) is 0 Å². The first kappa shape index (κ1) is 15.4. The number of hydrogen-bond donors (Lipinski definition) is 0. The van der Waals surface area contributed by atoms with Gasteiger partial charge in [0.15, 0.2) is 0 Å². The lowest BCUT2D eigenvalue weighted by atomic mass is 9.73. The average Bonchev–Trinajstić information content (AvgIpc) is 2.38. The van der Waals surface area contributed by atoms with Gasteiger partial charge in [0.05, 0.1) is 0 Å². The number of halogens is 6. The Kier molecular flexibility index (Phi) is 3.74. The molecule has 1 radical (unpaired) electrons. The molecule has 0 aromatic heterocycles. The highest BCUT2D eigenvalue weighted by atomic mass is 19.4. The van der Waals surface area contributed by atoms with Gasteiger partial charge in [0.25, 0.3) is 0 Å². The molecule has 0 saturated carbocycles. The van der Waals surface area contributed by atoms with E-state index in [9.17, 15) is 26.3 Å². The van der Waals surface area contributed by atoms with Gasteiger partial charge in [-0.3, -0.25) is 0 Å². The first-order valence-corrected chi connectivity index (χ1v) is 5.87. The van der Waals surface area contributed by atoms with Crippen LogP contribution in [0.4, 0.5) is 26.3 Å². The van der Waals surface area contributed by atoms with Crippen LogP contribution in [-0.4, -0.2) is 12.4 Å². The summed E-state index contributed by atoms with van der Waals surface area (Å²) in [6.45, 7) is 0. The summed E-state index contributed by atoms with van der Waals surface area (Å²) in [6, 6.07) is 11.4. The number of benzene rings is 2. The molecule has 0 heterocycles. The second-order valence-corrected chi connectivity index (χ2v) is 4.40. The molecule has 0 nitrogen and oxygen atoms in total. The van der Waals surface area contributed by atoms with Crippen molar-refractivity contribution in [2.45, 2.75) is 17.8 Å². The minimum atomic E-state index is -5.53. The molecule has 2 aromatic rings. The van der Waals surface area contributed by atoms with Crippen molar-refractivity contribution in [2.24, 2.45) is 0 Å². The molecule has 2 aromatic carbocycles. The molecule has 0 N–H and O–H groups in total. The van der Waals surface area contributed by atoms with Gasteiger partial charge >= 0.3 is 12.4 Å². The van der Waals surface area contributed by atoms with Gasteiger partial charge in [-0.05, 0) is 17.2 Å². The topological polar surface area (TPSA) is 0 Å². The summed E-state index contributed by atoms with van der Waals surface area (Å²) in [5, 5.41) is 0. The molecule has 0 amide bonds. The lowest BCUT2D eigenvalue weighted by Crippen LogP contribution is -2.54. The average molecular weight is 303 g/mol. The molecule has 0 spiro atoms. The maximum Gasteiger partial charge on any atom is 0.411 e. The molecule has 0 unspecified atom stereocenters. The fourth-order valence-electron chi connectivity index (χ4n) is 2.31. The normalized spacial score (nSPS) is 13.2. The second kappa shape index (κ2) is 5.09. The van der Waals surface area contributed by atoms with Crippen molar-refractivity contribution in [2.75, 3.05) is 0 Å². The zero-order valence-corrected chi connectivity index (χ0v) is 10.5. The largest absolute Gasteiger partial charge is 0.411 e. The van der Waals surface area contributed by atoms with Gasteiger partial charge in [-0.2, -0.15) is 26.3 Å². The summed E-state index contributed by atoms with van der Waals surface area (Å²) >= 11 is 0. The Labute approximate surface area is 117 Å². The van der Waals surface area contributed by atoms with Crippen molar-refractivity contribution < 1.29 is 26.3 Å². The van der Waals surface area contributed by atoms with Gasteiger partial charge in [0, 0.05) is 0 Å². The highest BCUT2D eigenvalue weighted by Gasteiger charge is 2.72. The third-order valence-electron chi connectivity index (χ3n) is 3.21. The van der Waals surface area contributed by atoms with Crippen molar-refractivity contribution >= 4 is 0 Å². The Bertz CT molecular complexity index is 528. The van der Waals surface area contributed by atoms with E-state index in [0.717, 1.165) is 48.5 Å². The lowest BCUT2D eigenvalue weighted by molar-refractivity contribution is -0.288. The highest BCUT2D eigenvalue weighted by Crippen LogP contribution is 2.55. The third-order valence-corrected chi connectivity index (χ3v) is 3.21. The van der Waals surface area contributed by atoms with Crippen molar-refractivity contribution in [1.82, 2.24) is 0 Å². The minimum Gasteiger partial charge on any atom is -0.169 e. The fraction of sp³-hybridized carbons (Fsp3) is 0.200. The Hall–Kier alpha value is -1.98. The molecule has 0 bridgehead atoms. The molecule has 2 rings (SSSR count). The van der Waals surface area contributed by atoms with E-state index < -0.39 is 28.9 Å². The number of hydrogen-bond acceptors (Lipinski definition) is 0. The SMILES string of the molecule is FC(F)(F)C(c1cc[c]cc1)(c1ccccc1)C(F)(F)F. The Balaban J connectivity index is 2.87. The van der Waals surface area contributed by atoms with Crippen LogP contribution in [-0.2, 0) is 5.41 Å². The van der Waals surface area contributed by atoms with E-state index in [1.807, 2.05) is 0 Å². The quantitative estimate of drug-likeness (QED) is 0.692. The molecule has 0 atom stereocenters. The smallest absolute Gasteiger partial charge is 0.169 e. The van der Waals surface area contributed by atoms with Crippen molar-refractivity contribution in [1.29, 1.82) is 0 Å². The zero-order valence-electron chi connectivity index (χ0n) is 10.5. The summed E-state index contributed by atoms with van der Waals surface area (Å²) < 4.78 is 81.1. The second-order valence-electron chi connectivity index (χ2n) is 4.40. The van der Waals surface area contributed by atoms with E-state index in [-0.39, 0.29) is 0 Å². The van der Waals surface area contributed by atoms with Crippen LogP contribution in [0.1, 0.15) is 11.1 Å². The predicted molar refractivity (Wildman–Crippen MR) is 64.6 cm³/mol. The predicted octanol–water partition coefficient (Wildman–Crippen LogP) is 4.90. The van der Waals surface area contributed by atoms with E-state index in [2.05, 4.69) is 6.07 Å². The van der Waals surface area contributed by atoms with E-state index in [1.165, 1.54) is 6.07 Å². The van der Waals surface area contributed by atoms with Gasteiger partial charge in [0.2, 0.25) is 5.41 Å². The third kappa shape index (κ3) is 2.39. The van der Waals surface area contributed by atoms with Gasteiger partial charge in [-0.1, -0.05) is 54.6 Å². The number of rotatable bonds is 2. The summed E-state index contributed by atoms with van der Waals surface area (Å²) in [7, 11) is 0. The Morgan fingerprint density at radius 3 is 1.48 bits per heavy atom. The summed E-state index contributed by atoms with van der Waals surface area (Å²) in [4.78, 5) is 0. The van der Waals surface area contributed by atoms with Crippen LogP contribution in [0.15, 0.2) is 54.6 Å². The van der Waals surface area contributed by atoms with E-state index in [0.29, 0.717) is 0 Å². The van der Waals surface area contributed by atoms with Crippen LogP contribution in [0.2, 0.25) is 0 Å². The molecular weight excluding hydrogens is 294 g/mol. The van der Waals surface area contributed by atoms with Crippen molar-refractivity contribution in [3.8, 4) is 0 Å². The van der Waals surface area contributed by atoms with E-state index in [4.69, 9.17) is 0 Å². The highest BCUT2D eigenvalue weighted by molar-refractivity contribution is 5.43. The lowest BCUT2D eigenvalue weighted by Gasteiger charge is -2.38. The Morgan fingerprint density at radius 2 is 1.05 bits per heavy atom. The maximum absolute atomic E-state index is 13.5. The molecule has 21 heavy (non-hydrogen) atoms. The van der Waals surface area contributed by atoms with E-state index >= 15 is 0 Å². The molecule has 111 valence electrons. The van der Waals surface area contributed by atoms with Crippen molar-refractivity contribution in [3.05, 3.63) is 71.8 Å². The summed E-state index contributed by atoms with van der Waals surface area (Å²) in [5.41, 5.74) is -5.81. The van der Waals surface area contributed by atoms with Crippen LogP contribution in [0, 0.1) is 6.07 Å². The van der Waals surface area contributed by atoms with Crippen molar-refractivity contribution in [3.63, 3.8) is 0 Å². The maximum atomic E-state index is 13.5. The van der Waals surface area contributed by atoms with Gasteiger partial charge in [-0.25, -0.2) is 0 Å². The molecular formula is C15H9F6. The molecule has 0 saturated heterocycles. The standard InChI is InChI=1S/C15H9F6/c16-14(17,18)13(15(19,20)21,11-7-3-1-4-8-11)12-9-5-2-6-10-12/h1,3-10H. The molecule has 6 heteroatoms. The zero-order chi connectivity index (χ0) is 15.7. The van der Waals surface area contributed by atoms with Gasteiger partial charge < -0.3 is 0 Å². The Morgan fingerprint density at radius 1 is 0.619 bits per heavy atom. The van der Waals surface area contributed by atoms with Gasteiger partial charge in [-0.15, -0.1) is 0 Å². The molecule has 0 aliphatic rings. The summed E-state index contributed by atoms with van der Waals surface area (Å²) in [5.74, 6) is 0. The monoisotopic (exact) mass is 303 g/mol. The van der Waals surface area contributed by atoms with Crippen LogP contribution >= 0.6 is 0 Å². The molecule has 0 aliphatic heterocycles. The fourth-order valence-corrected chi connectivity index (χ4v) is 2.31. The van der Waals surface area contributed by atoms with Gasteiger partial charge in [0.1, 0.15) is 0 Å². The minimum absolute atomic E-state index is 0.786. The first-order chi connectivity index (χ1) is 9.71. The first-order valence-electron chi connectivity index (χ1n) is 5.87.